The molecular weight excluding hydrogens is 402 g/mol. The van der Waals surface area contributed by atoms with Gasteiger partial charge >= 0.3 is 0 Å². The summed E-state index contributed by atoms with van der Waals surface area (Å²) in [7, 11) is 0. The largest absolute Gasteiger partial charge is 0.489 e. The van der Waals surface area contributed by atoms with Crippen LogP contribution in [-0.2, 0) is 16.2 Å². The van der Waals surface area contributed by atoms with Gasteiger partial charge in [-0.15, -0.1) is 0 Å². The van der Waals surface area contributed by atoms with Crippen LogP contribution in [0.25, 0.3) is 0 Å². The lowest BCUT2D eigenvalue weighted by Crippen LogP contribution is -2.48. The van der Waals surface area contributed by atoms with Gasteiger partial charge in [0.05, 0.1) is 6.04 Å². The van der Waals surface area contributed by atoms with Crippen molar-refractivity contribution in [2.75, 3.05) is 31.5 Å². The molecule has 0 aromatic heterocycles. The van der Waals surface area contributed by atoms with E-state index >= 15 is 0 Å². The van der Waals surface area contributed by atoms with Crippen LogP contribution in [0.5, 0.6) is 5.75 Å². The van der Waals surface area contributed by atoms with Crippen molar-refractivity contribution in [1.82, 2.24) is 9.80 Å². The second kappa shape index (κ2) is 10.6. The number of carbonyl (C=O) groups is 2. The zero-order valence-corrected chi connectivity index (χ0v) is 18.8. The van der Waals surface area contributed by atoms with Crippen LogP contribution in [0.2, 0.25) is 0 Å². The van der Waals surface area contributed by atoms with Crippen molar-refractivity contribution in [3.8, 4) is 5.75 Å². The molecule has 0 aliphatic carbocycles. The maximum Gasteiger partial charge on any atom is 0.241 e. The molecule has 2 aromatic carbocycles. The van der Waals surface area contributed by atoms with Crippen molar-refractivity contribution in [3.63, 3.8) is 0 Å². The minimum atomic E-state index is -0.230. The number of hydrogen-bond donors (Lipinski definition) is 1. The molecule has 4 rings (SSSR count). The summed E-state index contributed by atoms with van der Waals surface area (Å²) in [6.07, 6.45) is 3.92. The van der Waals surface area contributed by atoms with Gasteiger partial charge in [0.1, 0.15) is 12.4 Å². The Kier molecular flexibility index (Phi) is 7.43. The van der Waals surface area contributed by atoms with Gasteiger partial charge in [-0.05, 0) is 75.5 Å². The van der Waals surface area contributed by atoms with Gasteiger partial charge in [-0.3, -0.25) is 14.5 Å². The third kappa shape index (κ3) is 5.68. The number of amides is 2. The van der Waals surface area contributed by atoms with E-state index in [4.69, 9.17) is 4.74 Å². The minimum Gasteiger partial charge on any atom is -0.489 e. The maximum atomic E-state index is 12.8. The Balaban J connectivity index is 1.22. The number of nitrogens with zero attached hydrogens (tertiary/aromatic N) is 2. The summed E-state index contributed by atoms with van der Waals surface area (Å²) in [6, 6.07) is 17.3. The van der Waals surface area contributed by atoms with Crippen LogP contribution in [0.3, 0.4) is 0 Å². The van der Waals surface area contributed by atoms with Gasteiger partial charge in [-0.2, -0.15) is 0 Å². The van der Waals surface area contributed by atoms with Crippen molar-refractivity contribution in [2.45, 2.75) is 45.3 Å². The molecule has 0 spiro atoms. The molecule has 1 N–H and O–H groups in total. The van der Waals surface area contributed by atoms with Crippen LogP contribution < -0.4 is 10.1 Å². The van der Waals surface area contributed by atoms with Gasteiger partial charge in [0.15, 0.2) is 0 Å². The van der Waals surface area contributed by atoms with E-state index in [1.165, 1.54) is 0 Å². The third-order valence-electron chi connectivity index (χ3n) is 6.59. The molecule has 0 saturated carbocycles. The number of benzene rings is 2. The smallest absolute Gasteiger partial charge is 0.241 e. The first-order valence-corrected chi connectivity index (χ1v) is 11.7. The molecule has 0 bridgehead atoms. The van der Waals surface area contributed by atoms with Crippen LogP contribution in [-0.4, -0.2) is 53.8 Å². The Morgan fingerprint density at radius 3 is 2.28 bits per heavy atom. The predicted octanol–water partition coefficient (Wildman–Crippen LogP) is 3.93. The number of piperidine rings is 1. The lowest BCUT2D eigenvalue weighted by molar-refractivity contribution is -0.136. The van der Waals surface area contributed by atoms with Gasteiger partial charge in [0, 0.05) is 24.7 Å². The monoisotopic (exact) mass is 435 g/mol. The molecule has 32 heavy (non-hydrogen) atoms. The van der Waals surface area contributed by atoms with Gasteiger partial charge in [0.25, 0.3) is 0 Å². The van der Waals surface area contributed by atoms with Crippen LogP contribution >= 0.6 is 0 Å². The topological polar surface area (TPSA) is 61.9 Å². The predicted molar refractivity (Wildman–Crippen MR) is 125 cm³/mol. The molecular formula is C26H33N3O3. The normalized spacial score (nSPS) is 18.3. The zero-order chi connectivity index (χ0) is 22.3. The first kappa shape index (κ1) is 22.3. The molecule has 6 nitrogen and oxygen atoms in total. The van der Waals surface area contributed by atoms with Crippen molar-refractivity contribution >= 4 is 17.5 Å². The first-order valence-electron chi connectivity index (χ1n) is 11.7. The summed E-state index contributed by atoms with van der Waals surface area (Å²) in [5, 5.41) is 3.01. The number of rotatable bonds is 7. The second-order valence-electron chi connectivity index (χ2n) is 8.81. The van der Waals surface area contributed by atoms with Crippen LogP contribution in [0.1, 0.15) is 38.2 Å². The Bertz CT molecular complexity index is 886. The molecule has 2 heterocycles. The van der Waals surface area contributed by atoms with E-state index in [0.29, 0.717) is 12.5 Å². The molecule has 0 radical (unpaired) electrons. The second-order valence-corrected chi connectivity index (χ2v) is 8.81. The Labute approximate surface area is 190 Å². The van der Waals surface area contributed by atoms with Crippen LogP contribution in [0, 0.1) is 5.92 Å². The summed E-state index contributed by atoms with van der Waals surface area (Å²) in [5.74, 6) is 1.17. The third-order valence-corrected chi connectivity index (χ3v) is 6.59. The lowest BCUT2D eigenvalue weighted by Gasteiger charge is -2.36. The fourth-order valence-electron chi connectivity index (χ4n) is 4.52. The number of carbonyl (C=O) groups excluding carboxylic acids is 2. The molecule has 2 aliphatic heterocycles. The SMILES string of the molecule is CC(C(=O)Nc1ccc(OCc2ccccc2)cc1)N1CCC(C(=O)N2CCCC2)CC1. The van der Waals surface area contributed by atoms with Crippen molar-refractivity contribution < 1.29 is 14.3 Å². The molecule has 2 aliphatic rings. The van der Waals surface area contributed by atoms with Crippen molar-refractivity contribution in [2.24, 2.45) is 5.92 Å². The van der Waals surface area contributed by atoms with Gasteiger partial charge in [-0.1, -0.05) is 30.3 Å². The van der Waals surface area contributed by atoms with E-state index in [1.54, 1.807) is 0 Å². The maximum absolute atomic E-state index is 12.8. The Hall–Kier alpha value is -2.86. The average Bonchev–Trinajstić information content (AvgIpc) is 3.38. The summed E-state index contributed by atoms with van der Waals surface area (Å²) in [5.41, 5.74) is 1.87. The Morgan fingerprint density at radius 2 is 1.62 bits per heavy atom. The lowest BCUT2D eigenvalue weighted by atomic mass is 9.94. The molecule has 2 fully saturated rings. The summed E-state index contributed by atoms with van der Waals surface area (Å²) >= 11 is 0. The quantitative estimate of drug-likeness (QED) is 0.716. The number of likely N-dealkylation sites (tertiary alicyclic amines) is 2. The van der Waals surface area contributed by atoms with Crippen LogP contribution in [0.4, 0.5) is 5.69 Å². The standard InChI is InChI=1S/C26H33N3O3/c1-20(28-17-13-22(14-18-28)26(31)29-15-5-6-16-29)25(30)27-23-9-11-24(12-10-23)32-19-21-7-3-2-4-8-21/h2-4,7-12,20,22H,5-6,13-19H2,1H3,(H,27,30). The number of nitrogens with one attached hydrogen (secondary N) is 1. The van der Waals surface area contributed by atoms with Gasteiger partial charge in [0.2, 0.25) is 11.8 Å². The van der Waals surface area contributed by atoms with E-state index in [9.17, 15) is 9.59 Å². The average molecular weight is 436 g/mol. The molecule has 170 valence electrons. The van der Waals surface area contributed by atoms with E-state index in [0.717, 1.165) is 68.9 Å². The zero-order valence-electron chi connectivity index (χ0n) is 18.8. The summed E-state index contributed by atoms with van der Waals surface area (Å²) in [4.78, 5) is 29.6. The minimum absolute atomic E-state index is 0.0210. The highest BCUT2D eigenvalue weighted by Crippen LogP contribution is 2.24. The van der Waals surface area contributed by atoms with Gasteiger partial charge in [-0.25, -0.2) is 0 Å². The molecule has 1 unspecified atom stereocenters. The van der Waals surface area contributed by atoms with E-state index < -0.39 is 0 Å². The molecule has 2 amide bonds. The number of ether oxygens (including phenoxy) is 1. The fourth-order valence-corrected chi connectivity index (χ4v) is 4.52. The highest BCUT2D eigenvalue weighted by molar-refractivity contribution is 5.94. The number of hydrogen-bond acceptors (Lipinski definition) is 4. The van der Waals surface area contributed by atoms with E-state index in [1.807, 2.05) is 66.4 Å². The van der Waals surface area contributed by atoms with E-state index in [2.05, 4.69) is 10.2 Å². The molecule has 6 heteroatoms. The Morgan fingerprint density at radius 1 is 0.969 bits per heavy atom. The molecule has 2 aromatic rings. The van der Waals surface area contributed by atoms with E-state index in [-0.39, 0.29) is 17.9 Å². The van der Waals surface area contributed by atoms with Crippen molar-refractivity contribution in [3.05, 3.63) is 60.2 Å². The highest BCUT2D eigenvalue weighted by atomic mass is 16.5. The fraction of sp³-hybridized carbons (Fsp3) is 0.462. The summed E-state index contributed by atoms with van der Waals surface area (Å²) in [6.45, 7) is 5.84. The molecule has 2 saturated heterocycles. The highest BCUT2D eigenvalue weighted by Gasteiger charge is 2.32. The van der Waals surface area contributed by atoms with Gasteiger partial charge < -0.3 is 15.0 Å². The molecule has 1 atom stereocenters. The number of anilines is 1. The summed E-state index contributed by atoms with van der Waals surface area (Å²) < 4.78 is 5.81. The first-order chi connectivity index (χ1) is 15.6. The van der Waals surface area contributed by atoms with Crippen LogP contribution in [0.15, 0.2) is 54.6 Å². The van der Waals surface area contributed by atoms with Crippen molar-refractivity contribution in [1.29, 1.82) is 0 Å².